The highest BCUT2D eigenvalue weighted by Crippen LogP contribution is 2.25. The van der Waals surface area contributed by atoms with Crippen LogP contribution in [0.5, 0.6) is 0 Å². The average Bonchev–Trinajstić information content (AvgIpc) is 2.41. The number of halogens is 2. The van der Waals surface area contributed by atoms with Gasteiger partial charge in [-0.05, 0) is 36.7 Å². The Morgan fingerprint density at radius 2 is 1.74 bits per heavy atom. The van der Waals surface area contributed by atoms with Gasteiger partial charge in [-0.1, -0.05) is 54.4 Å². The second kappa shape index (κ2) is 6.18. The highest BCUT2D eigenvalue weighted by Gasteiger charge is 2.14. The summed E-state index contributed by atoms with van der Waals surface area (Å²) in [5.41, 5.74) is 3.21. The molecule has 0 bridgehead atoms. The summed E-state index contributed by atoms with van der Waals surface area (Å²) in [5, 5.41) is 3.53. The Kier molecular flexibility index (Phi) is 4.56. The topological polar surface area (TPSA) is 12.0 Å². The molecule has 19 heavy (non-hydrogen) atoms. The summed E-state index contributed by atoms with van der Waals surface area (Å²) in [6.07, 6.45) is 0. The van der Waals surface area contributed by atoms with Crippen molar-refractivity contribution in [3.63, 3.8) is 0 Å². The van der Waals surface area contributed by atoms with Gasteiger partial charge in [0, 0.05) is 0 Å². The minimum absolute atomic E-state index is 0.0163. The standard InChI is InChI=1S/C16H17ClFN/c1-3-19-16(12-6-4-11(2)5-7-12)13-8-9-14(17)15(18)10-13/h4-10,16,19H,3H2,1-2H3. The van der Waals surface area contributed by atoms with E-state index in [9.17, 15) is 4.39 Å². The molecule has 0 saturated carbocycles. The second-order valence-electron chi connectivity index (χ2n) is 4.57. The van der Waals surface area contributed by atoms with E-state index in [0.29, 0.717) is 0 Å². The van der Waals surface area contributed by atoms with Crippen LogP contribution in [0.25, 0.3) is 0 Å². The maximum atomic E-state index is 13.6. The van der Waals surface area contributed by atoms with Crippen molar-refractivity contribution in [3.8, 4) is 0 Å². The molecule has 0 aliphatic heterocycles. The van der Waals surface area contributed by atoms with Gasteiger partial charge in [0.2, 0.25) is 0 Å². The molecule has 2 aromatic carbocycles. The number of hydrogen-bond acceptors (Lipinski definition) is 1. The van der Waals surface area contributed by atoms with Crippen LogP contribution in [0, 0.1) is 12.7 Å². The van der Waals surface area contributed by atoms with Gasteiger partial charge in [-0.3, -0.25) is 0 Å². The normalized spacial score (nSPS) is 12.4. The third kappa shape index (κ3) is 3.34. The SMILES string of the molecule is CCNC(c1ccc(C)cc1)c1ccc(Cl)c(F)c1. The van der Waals surface area contributed by atoms with Crippen LogP contribution >= 0.6 is 11.6 Å². The molecule has 2 aromatic rings. The van der Waals surface area contributed by atoms with E-state index in [-0.39, 0.29) is 16.9 Å². The van der Waals surface area contributed by atoms with E-state index in [1.54, 1.807) is 6.07 Å². The smallest absolute Gasteiger partial charge is 0.142 e. The zero-order valence-electron chi connectivity index (χ0n) is 11.1. The predicted octanol–water partition coefficient (Wildman–Crippen LogP) is 4.49. The van der Waals surface area contributed by atoms with Gasteiger partial charge in [-0.25, -0.2) is 4.39 Å². The van der Waals surface area contributed by atoms with Crippen molar-refractivity contribution in [2.75, 3.05) is 6.54 Å². The molecule has 0 aromatic heterocycles. The first-order valence-electron chi connectivity index (χ1n) is 6.36. The molecule has 1 atom stereocenters. The molecule has 0 spiro atoms. The van der Waals surface area contributed by atoms with Crippen molar-refractivity contribution >= 4 is 11.6 Å². The molecule has 0 amide bonds. The van der Waals surface area contributed by atoms with E-state index in [1.165, 1.54) is 11.6 Å². The van der Waals surface area contributed by atoms with Gasteiger partial charge in [0.25, 0.3) is 0 Å². The third-order valence-corrected chi connectivity index (χ3v) is 3.40. The molecule has 0 fully saturated rings. The van der Waals surface area contributed by atoms with Crippen LogP contribution in [0.2, 0.25) is 5.02 Å². The largest absolute Gasteiger partial charge is 0.307 e. The summed E-state index contributed by atoms with van der Waals surface area (Å²) >= 11 is 5.73. The molecule has 0 heterocycles. The Bertz CT molecular complexity index is 551. The van der Waals surface area contributed by atoms with Crippen molar-refractivity contribution in [2.24, 2.45) is 0 Å². The van der Waals surface area contributed by atoms with Gasteiger partial charge >= 0.3 is 0 Å². The second-order valence-corrected chi connectivity index (χ2v) is 4.98. The molecule has 0 aliphatic carbocycles. The third-order valence-electron chi connectivity index (χ3n) is 3.10. The summed E-state index contributed by atoms with van der Waals surface area (Å²) < 4.78 is 13.6. The lowest BCUT2D eigenvalue weighted by Crippen LogP contribution is -2.22. The maximum Gasteiger partial charge on any atom is 0.142 e. The molecular formula is C16H17ClFN. The summed E-state index contributed by atoms with van der Waals surface area (Å²) in [6.45, 7) is 4.89. The molecule has 2 rings (SSSR count). The van der Waals surface area contributed by atoms with E-state index in [2.05, 4.69) is 29.6 Å². The molecule has 1 N–H and O–H groups in total. The summed E-state index contributed by atoms with van der Waals surface area (Å²) in [5.74, 6) is -0.380. The van der Waals surface area contributed by atoms with Gasteiger partial charge in [-0.15, -0.1) is 0 Å². The zero-order chi connectivity index (χ0) is 13.8. The van der Waals surface area contributed by atoms with E-state index in [0.717, 1.165) is 17.7 Å². The summed E-state index contributed by atoms with van der Waals surface area (Å²) in [6, 6.07) is 13.2. The fraction of sp³-hybridized carbons (Fsp3) is 0.250. The van der Waals surface area contributed by atoms with E-state index in [4.69, 9.17) is 11.6 Å². The first kappa shape index (κ1) is 14.0. The summed E-state index contributed by atoms with van der Waals surface area (Å²) in [4.78, 5) is 0. The lowest BCUT2D eigenvalue weighted by atomic mass is 9.97. The number of nitrogens with one attached hydrogen (secondary N) is 1. The van der Waals surface area contributed by atoms with Crippen LogP contribution in [-0.4, -0.2) is 6.54 Å². The van der Waals surface area contributed by atoms with Crippen LogP contribution in [0.1, 0.15) is 29.7 Å². The van der Waals surface area contributed by atoms with Gasteiger partial charge in [0.1, 0.15) is 5.82 Å². The Balaban J connectivity index is 2.38. The van der Waals surface area contributed by atoms with Gasteiger partial charge in [-0.2, -0.15) is 0 Å². The Labute approximate surface area is 118 Å². The molecule has 1 unspecified atom stereocenters. The minimum atomic E-state index is -0.380. The highest BCUT2D eigenvalue weighted by atomic mass is 35.5. The molecule has 0 aliphatic rings. The van der Waals surface area contributed by atoms with Crippen molar-refractivity contribution in [1.29, 1.82) is 0 Å². The molecule has 3 heteroatoms. The number of benzene rings is 2. The van der Waals surface area contributed by atoms with Crippen LogP contribution < -0.4 is 5.32 Å². The molecule has 0 saturated heterocycles. The Morgan fingerprint density at radius 3 is 2.32 bits per heavy atom. The molecule has 0 radical (unpaired) electrons. The molecular weight excluding hydrogens is 261 g/mol. The van der Waals surface area contributed by atoms with E-state index in [1.807, 2.05) is 19.9 Å². The fourth-order valence-electron chi connectivity index (χ4n) is 2.08. The molecule has 1 nitrogen and oxygen atoms in total. The Morgan fingerprint density at radius 1 is 1.11 bits per heavy atom. The number of rotatable bonds is 4. The van der Waals surface area contributed by atoms with Crippen molar-refractivity contribution < 1.29 is 4.39 Å². The van der Waals surface area contributed by atoms with Crippen molar-refractivity contribution in [1.82, 2.24) is 5.32 Å². The number of hydrogen-bond donors (Lipinski definition) is 1. The lowest BCUT2D eigenvalue weighted by molar-refractivity contribution is 0.603. The first-order valence-corrected chi connectivity index (χ1v) is 6.74. The molecule has 100 valence electrons. The van der Waals surface area contributed by atoms with E-state index >= 15 is 0 Å². The van der Waals surface area contributed by atoms with Crippen molar-refractivity contribution in [3.05, 3.63) is 70.0 Å². The Hall–Kier alpha value is -1.38. The number of aryl methyl sites for hydroxylation is 1. The minimum Gasteiger partial charge on any atom is -0.307 e. The van der Waals surface area contributed by atoms with Crippen LogP contribution in [-0.2, 0) is 0 Å². The van der Waals surface area contributed by atoms with Gasteiger partial charge in [0.15, 0.2) is 0 Å². The van der Waals surface area contributed by atoms with Crippen molar-refractivity contribution in [2.45, 2.75) is 19.9 Å². The quantitative estimate of drug-likeness (QED) is 0.868. The van der Waals surface area contributed by atoms with Crippen LogP contribution in [0.15, 0.2) is 42.5 Å². The first-order chi connectivity index (χ1) is 9.11. The fourth-order valence-corrected chi connectivity index (χ4v) is 2.20. The van der Waals surface area contributed by atoms with Crippen LogP contribution in [0.3, 0.4) is 0 Å². The maximum absolute atomic E-state index is 13.6. The van der Waals surface area contributed by atoms with Crippen LogP contribution in [0.4, 0.5) is 4.39 Å². The monoisotopic (exact) mass is 277 g/mol. The summed E-state index contributed by atoms with van der Waals surface area (Å²) in [7, 11) is 0. The predicted molar refractivity (Wildman–Crippen MR) is 78.1 cm³/mol. The average molecular weight is 278 g/mol. The zero-order valence-corrected chi connectivity index (χ0v) is 11.8. The highest BCUT2D eigenvalue weighted by molar-refractivity contribution is 6.30. The lowest BCUT2D eigenvalue weighted by Gasteiger charge is -2.19. The van der Waals surface area contributed by atoms with Gasteiger partial charge < -0.3 is 5.32 Å². The van der Waals surface area contributed by atoms with E-state index < -0.39 is 0 Å². The van der Waals surface area contributed by atoms with Gasteiger partial charge in [0.05, 0.1) is 11.1 Å².